The van der Waals surface area contributed by atoms with Crippen LogP contribution in [0.15, 0.2) is 29.4 Å². The molecule has 1 aromatic heterocycles. The van der Waals surface area contributed by atoms with Crippen LogP contribution < -0.4 is 14.9 Å². The van der Waals surface area contributed by atoms with Crippen molar-refractivity contribution >= 4 is 21.7 Å². The predicted octanol–water partition coefficient (Wildman–Crippen LogP) is 2.39. The third kappa shape index (κ3) is 4.75. The highest BCUT2D eigenvalue weighted by Gasteiger charge is 2.19. The van der Waals surface area contributed by atoms with E-state index in [0.717, 1.165) is 35.6 Å². The first-order valence-electron chi connectivity index (χ1n) is 9.25. The topological polar surface area (TPSA) is 87.2 Å². The van der Waals surface area contributed by atoms with Gasteiger partial charge in [-0.2, -0.15) is 0 Å². The highest BCUT2D eigenvalue weighted by atomic mass is 32.2. The van der Waals surface area contributed by atoms with Crippen LogP contribution in [0.5, 0.6) is 0 Å². The Morgan fingerprint density at radius 1 is 1.00 bits per heavy atom. The fourth-order valence-electron chi connectivity index (χ4n) is 3.60. The number of sulfonamides is 1. The molecule has 2 aromatic rings. The molecule has 27 heavy (non-hydrogen) atoms. The van der Waals surface area contributed by atoms with E-state index in [1.165, 1.54) is 12.8 Å². The molecular weight excluding hydrogens is 362 g/mol. The Hall–Kier alpha value is -2.19. The van der Waals surface area contributed by atoms with E-state index in [9.17, 15) is 8.42 Å². The van der Waals surface area contributed by atoms with Crippen LogP contribution in [0.1, 0.15) is 29.5 Å². The van der Waals surface area contributed by atoms with Gasteiger partial charge < -0.3 is 10.2 Å². The number of hydrogen-bond acceptors (Lipinski definition) is 6. The molecule has 1 aliphatic rings. The minimum Gasteiger partial charge on any atom is -0.369 e. The molecule has 0 saturated carbocycles. The quantitative estimate of drug-likeness (QED) is 0.707. The van der Waals surface area contributed by atoms with Crippen LogP contribution in [0, 0.1) is 20.8 Å². The SMILES string of the molecule is Cc1cc(C)c(S(=O)(=O)NCCNc2cc(N3CCCC3)ncn2)c(C)c1. The van der Waals surface area contributed by atoms with E-state index in [2.05, 4.69) is 24.9 Å². The fraction of sp³-hybridized carbons (Fsp3) is 0.474. The van der Waals surface area contributed by atoms with E-state index in [1.54, 1.807) is 6.33 Å². The van der Waals surface area contributed by atoms with Gasteiger partial charge in [-0.05, 0) is 44.7 Å². The van der Waals surface area contributed by atoms with Crippen LogP contribution >= 0.6 is 0 Å². The van der Waals surface area contributed by atoms with Gasteiger partial charge in [0.25, 0.3) is 0 Å². The van der Waals surface area contributed by atoms with Gasteiger partial charge in [0.2, 0.25) is 10.0 Å². The minimum absolute atomic E-state index is 0.276. The molecule has 1 saturated heterocycles. The van der Waals surface area contributed by atoms with Crippen molar-refractivity contribution in [3.05, 3.63) is 41.2 Å². The van der Waals surface area contributed by atoms with Crippen molar-refractivity contribution in [2.75, 3.05) is 36.4 Å². The molecule has 2 N–H and O–H groups in total. The average molecular weight is 390 g/mol. The van der Waals surface area contributed by atoms with E-state index >= 15 is 0 Å². The molecule has 0 spiro atoms. The van der Waals surface area contributed by atoms with E-state index in [0.29, 0.717) is 17.3 Å². The maximum absolute atomic E-state index is 12.7. The molecule has 1 aliphatic heterocycles. The average Bonchev–Trinajstić information content (AvgIpc) is 3.12. The summed E-state index contributed by atoms with van der Waals surface area (Å²) in [6, 6.07) is 5.69. The summed E-state index contributed by atoms with van der Waals surface area (Å²) in [4.78, 5) is 11.1. The monoisotopic (exact) mass is 389 g/mol. The van der Waals surface area contributed by atoms with Crippen LogP contribution in [0.4, 0.5) is 11.6 Å². The maximum Gasteiger partial charge on any atom is 0.241 e. The van der Waals surface area contributed by atoms with Crippen LogP contribution in [-0.4, -0.2) is 44.6 Å². The molecule has 1 aromatic carbocycles. The Morgan fingerprint density at radius 2 is 1.67 bits per heavy atom. The molecule has 0 amide bonds. The molecule has 1 fully saturated rings. The standard InChI is InChI=1S/C19H27N5O2S/c1-14-10-15(2)19(16(3)11-14)27(25,26)23-7-6-20-17-12-18(22-13-21-17)24-8-4-5-9-24/h10-13,23H,4-9H2,1-3H3,(H,20,21,22). The van der Waals surface area contributed by atoms with E-state index < -0.39 is 10.0 Å². The second-order valence-corrected chi connectivity index (χ2v) is 8.71. The first-order valence-corrected chi connectivity index (χ1v) is 10.7. The number of hydrogen-bond donors (Lipinski definition) is 2. The predicted molar refractivity (Wildman–Crippen MR) is 108 cm³/mol. The normalized spacial score (nSPS) is 14.6. The van der Waals surface area contributed by atoms with Crippen molar-refractivity contribution in [2.45, 2.75) is 38.5 Å². The molecule has 0 radical (unpaired) electrons. The molecule has 146 valence electrons. The van der Waals surface area contributed by atoms with Crippen molar-refractivity contribution in [1.82, 2.24) is 14.7 Å². The zero-order chi connectivity index (χ0) is 19.4. The second kappa shape index (κ2) is 8.22. The number of nitrogens with zero attached hydrogens (tertiary/aromatic N) is 3. The molecule has 0 bridgehead atoms. The maximum atomic E-state index is 12.7. The lowest BCUT2D eigenvalue weighted by atomic mass is 10.1. The molecule has 3 rings (SSSR count). The number of benzene rings is 1. The van der Waals surface area contributed by atoms with E-state index in [1.807, 2.05) is 39.0 Å². The first kappa shape index (κ1) is 19.6. The number of rotatable bonds is 7. The third-order valence-corrected chi connectivity index (χ3v) is 6.44. The Labute approximate surface area is 161 Å². The number of aryl methyl sites for hydroxylation is 3. The summed E-state index contributed by atoms with van der Waals surface area (Å²) in [5.74, 6) is 1.62. The molecule has 8 heteroatoms. The van der Waals surface area contributed by atoms with Gasteiger partial charge in [-0.25, -0.2) is 23.1 Å². The summed E-state index contributed by atoms with van der Waals surface area (Å²) in [7, 11) is -3.55. The van der Waals surface area contributed by atoms with E-state index in [-0.39, 0.29) is 6.54 Å². The third-order valence-electron chi connectivity index (χ3n) is 4.68. The summed E-state index contributed by atoms with van der Waals surface area (Å²) < 4.78 is 28.0. The number of nitrogens with one attached hydrogen (secondary N) is 2. The summed E-state index contributed by atoms with van der Waals surface area (Å²) in [6.07, 6.45) is 3.91. The zero-order valence-corrected chi connectivity index (χ0v) is 16.9. The lowest BCUT2D eigenvalue weighted by Gasteiger charge is -2.17. The van der Waals surface area contributed by atoms with E-state index in [4.69, 9.17) is 0 Å². The van der Waals surface area contributed by atoms with Gasteiger partial charge in [-0.15, -0.1) is 0 Å². The lowest BCUT2D eigenvalue weighted by Crippen LogP contribution is -2.30. The molecule has 0 aliphatic carbocycles. The van der Waals surface area contributed by atoms with Crippen LogP contribution in [0.25, 0.3) is 0 Å². The highest BCUT2D eigenvalue weighted by molar-refractivity contribution is 7.89. The van der Waals surface area contributed by atoms with Gasteiger partial charge in [0, 0.05) is 32.2 Å². The summed E-state index contributed by atoms with van der Waals surface area (Å²) >= 11 is 0. The van der Waals surface area contributed by atoms with Gasteiger partial charge in [0.15, 0.2) is 0 Å². The number of aromatic nitrogens is 2. The molecule has 0 unspecified atom stereocenters. The van der Waals surface area contributed by atoms with Crippen LogP contribution in [0.3, 0.4) is 0 Å². The zero-order valence-electron chi connectivity index (χ0n) is 16.1. The van der Waals surface area contributed by atoms with Gasteiger partial charge in [0.1, 0.15) is 18.0 Å². The second-order valence-electron chi connectivity index (χ2n) is 7.01. The summed E-state index contributed by atoms with van der Waals surface area (Å²) in [6.45, 7) is 8.38. The molecule has 2 heterocycles. The minimum atomic E-state index is -3.55. The summed E-state index contributed by atoms with van der Waals surface area (Å²) in [5.41, 5.74) is 2.58. The van der Waals surface area contributed by atoms with Gasteiger partial charge >= 0.3 is 0 Å². The highest BCUT2D eigenvalue weighted by Crippen LogP contribution is 2.21. The first-order chi connectivity index (χ1) is 12.9. The Bertz CT molecular complexity index is 885. The summed E-state index contributed by atoms with van der Waals surface area (Å²) in [5, 5.41) is 3.17. The van der Waals surface area contributed by atoms with Crippen LogP contribution in [0.2, 0.25) is 0 Å². The Kier molecular flexibility index (Phi) is 5.96. The molecule has 7 nitrogen and oxygen atoms in total. The molecule has 0 atom stereocenters. The van der Waals surface area contributed by atoms with Crippen molar-refractivity contribution in [1.29, 1.82) is 0 Å². The molecular formula is C19H27N5O2S. The fourth-order valence-corrected chi connectivity index (χ4v) is 5.08. The van der Waals surface area contributed by atoms with Crippen LogP contribution in [-0.2, 0) is 10.0 Å². The lowest BCUT2D eigenvalue weighted by molar-refractivity contribution is 0.581. The van der Waals surface area contributed by atoms with Gasteiger partial charge in [-0.1, -0.05) is 17.7 Å². The van der Waals surface area contributed by atoms with Gasteiger partial charge in [-0.3, -0.25) is 0 Å². The van der Waals surface area contributed by atoms with Crippen molar-refractivity contribution in [2.24, 2.45) is 0 Å². The number of anilines is 2. The smallest absolute Gasteiger partial charge is 0.241 e. The van der Waals surface area contributed by atoms with Crippen molar-refractivity contribution in [3.63, 3.8) is 0 Å². The van der Waals surface area contributed by atoms with Crippen molar-refractivity contribution < 1.29 is 8.42 Å². The van der Waals surface area contributed by atoms with Gasteiger partial charge in [0.05, 0.1) is 4.90 Å². The Balaban J connectivity index is 1.58. The van der Waals surface area contributed by atoms with Crippen molar-refractivity contribution in [3.8, 4) is 0 Å². The Morgan fingerprint density at radius 3 is 2.33 bits per heavy atom. The largest absolute Gasteiger partial charge is 0.369 e.